The molecule has 1 heterocycles. The molecule has 1 atom stereocenters. The van der Waals surface area contributed by atoms with Crippen LogP contribution in [0.3, 0.4) is 0 Å². The summed E-state index contributed by atoms with van der Waals surface area (Å²) in [4.78, 5) is 28.8. The van der Waals surface area contributed by atoms with Crippen molar-refractivity contribution in [1.29, 1.82) is 0 Å². The lowest BCUT2D eigenvalue weighted by Gasteiger charge is -2.22. The molecule has 0 saturated carbocycles. The molecule has 1 unspecified atom stereocenters. The molecule has 1 aliphatic rings. The van der Waals surface area contributed by atoms with Crippen LogP contribution in [-0.2, 0) is 22.6 Å². The third-order valence-corrected chi connectivity index (χ3v) is 6.20. The largest absolute Gasteiger partial charge is 0.493 e. The molecule has 6 nitrogen and oxygen atoms in total. The zero-order valence-corrected chi connectivity index (χ0v) is 19.1. The maximum absolute atomic E-state index is 12.9. The summed E-state index contributed by atoms with van der Waals surface area (Å²) in [5.74, 6) is 1.09. The van der Waals surface area contributed by atoms with E-state index in [0.29, 0.717) is 37.6 Å². The fourth-order valence-corrected chi connectivity index (χ4v) is 4.14. The summed E-state index contributed by atoms with van der Waals surface area (Å²) >= 11 is 3.52. The van der Waals surface area contributed by atoms with Gasteiger partial charge in [0.2, 0.25) is 11.8 Å². The Balaban J connectivity index is 1.56. The van der Waals surface area contributed by atoms with Crippen LogP contribution in [0, 0.1) is 5.92 Å². The number of benzene rings is 2. The molecule has 1 fully saturated rings. The maximum Gasteiger partial charge on any atom is 0.228 e. The van der Waals surface area contributed by atoms with Crippen LogP contribution in [0.1, 0.15) is 17.5 Å². The second-order valence-corrected chi connectivity index (χ2v) is 8.32. The SMILES string of the molecule is COc1ccc(CCN2CC(C(=O)N(C)Cc3ccccc3Br)CC2=O)cc1OC. The molecule has 2 aromatic rings. The normalized spacial score (nSPS) is 15.9. The van der Waals surface area contributed by atoms with E-state index in [9.17, 15) is 9.59 Å². The fourth-order valence-electron chi connectivity index (χ4n) is 3.73. The monoisotopic (exact) mass is 474 g/mol. The van der Waals surface area contributed by atoms with Crippen molar-refractivity contribution in [1.82, 2.24) is 9.80 Å². The van der Waals surface area contributed by atoms with Crippen LogP contribution in [0.4, 0.5) is 0 Å². The highest BCUT2D eigenvalue weighted by Gasteiger charge is 2.35. The second kappa shape index (κ2) is 9.98. The van der Waals surface area contributed by atoms with E-state index in [0.717, 1.165) is 15.6 Å². The Morgan fingerprint density at radius 2 is 1.90 bits per heavy atom. The number of hydrogen-bond acceptors (Lipinski definition) is 4. The Bertz CT molecular complexity index is 918. The van der Waals surface area contributed by atoms with Crippen LogP contribution < -0.4 is 9.47 Å². The first-order valence-electron chi connectivity index (χ1n) is 9.90. The van der Waals surface area contributed by atoms with Gasteiger partial charge in [-0.25, -0.2) is 0 Å². The number of amides is 2. The maximum atomic E-state index is 12.9. The van der Waals surface area contributed by atoms with Gasteiger partial charge in [0.25, 0.3) is 0 Å². The average Bonchev–Trinajstić information content (AvgIpc) is 3.13. The highest BCUT2D eigenvalue weighted by Crippen LogP contribution is 2.28. The molecule has 0 radical (unpaired) electrons. The van der Waals surface area contributed by atoms with Gasteiger partial charge < -0.3 is 19.3 Å². The van der Waals surface area contributed by atoms with Crippen molar-refractivity contribution in [3.05, 3.63) is 58.1 Å². The van der Waals surface area contributed by atoms with E-state index in [1.165, 1.54) is 0 Å². The van der Waals surface area contributed by atoms with Crippen molar-refractivity contribution >= 4 is 27.7 Å². The number of ether oxygens (including phenoxy) is 2. The van der Waals surface area contributed by atoms with Crippen molar-refractivity contribution in [3.8, 4) is 11.5 Å². The molecule has 0 bridgehead atoms. The van der Waals surface area contributed by atoms with Gasteiger partial charge in [-0.1, -0.05) is 40.2 Å². The second-order valence-electron chi connectivity index (χ2n) is 7.47. The van der Waals surface area contributed by atoms with Crippen LogP contribution in [0.25, 0.3) is 0 Å². The molecule has 2 amide bonds. The number of likely N-dealkylation sites (tertiary alicyclic amines) is 1. The van der Waals surface area contributed by atoms with Crippen LogP contribution in [0.15, 0.2) is 46.9 Å². The molecular weight excluding hydrogens is 448 g/mol. The van der Waals surface area contributed by atoms with Gasteiger partial charge in [-0.15, -0.1) is 0 Å². The molecule has 3 rings (SSSR count). The minimum Gasteiger partial charge on any atom is -0.493 e. The summed E-state index contributed by atoms with van der Waals surface area (Å²) in [6, 6.07) is 13.6. The number of nitrogens with zero attached hydrogens (tertiary/aromatic N) is 2. The summed E-state index contributed by atoms with van der Waals surface area (Å²) in [6.45, 7) is 1.55. The van der Waals surface area contributed by atoms with Crippen molar-refractivity contribution in [2.45, 2.75) is 19.4 Å². The summed E-state index contributed by atoms with van der Waals surface area (Å²) in [5, 5.41) is 0. The molecule has 0 aromatic heterocycles. The molecule has 30 heavy (non-hydrogen) atoms. The van der Waals surface area contributed by atoms with E-state index in [1.807, 2.05) is 42.5 Å². The summed E-state index contributed by atoms with van der Waals surface area (Å²) in [5.41, 5.74) is 2.10. The van der Waals surface area contributed by atoms with E-state index in [4.69, 9.17) is 9.47 Å². The molecule has 2 aromatic carbocycles. The van der Waals surface area contributed by atoms with Crippen LogP contribution >= 0.6 is 15.9 Å². The lowest BCUT2D eigenvalue weighted by Crippen LogP contribution is -2.34. The predicted molar refractivity (Wildman–Crippen MR) is 119 cm³/mol. The Morgan fingerprint density at radius 3 is 2.60 bits per heavy atom. The van der Waals surface area contributed by atoms with Gasteiger partial charge >= 0.3 is 0 Å². The summed E-state index contributed by atoms with van der Waals surface area (Å²) in [6.07, 6.45) is 0.963. The predicted octanol–water partition coefficient (Wildman–Crippen LogP) is 3.52. The number of halogens is 1. The molecule has 0 aliphatic carbocycles. The minimum absolute atomic E-state index is 0.00715. The third kappa shape index (κ3) is 5.14. The highest BCUT2D eigenvalue weighted by molar-refractivity contribution is 9.10. The zero-order valence-electron chi connectivity index (χ0n) is 17.6. The molecule has 1 aliphatic heterocycles. The van der Waals surface area contributed by atoms with Crippen LogP contribution in [-0.4, -0.2) is 56.0 Å². The fraction of sp³-hybridized carbons (Fsp3) is 0.391. The third-order valence-electron chi connectivity index (χ3n) is 5.42. The molecule has 1 saturated heterocycles. The number of hydrogen-bond donors (Lipinski definition) is 0. The lowest BCUT2D eigenvalue weighted by atomic mass is 10.1. The van der Waals surface area contributed by atoms with E-state index in [2.05, 4.69) is 15.9 Å². The highest BCUT2D eigenvalue weighted by atomic mass is 79.9. The smallest absolute Gasteiger partial charge is 0.228 e. The lowest BCUT2D eigenvalue weighted by molar-refractivity contribution is -0.135. The standard InChI is InChI=1S/C23H27BrN2O4/c1-25(14-17-6-4-5-7-19(17)24)23(28)18-13-22(27)26(15-18)11-10-16-8-9-20(29-2)21(12-16)30-3/h4-9,12,18H,10-11,13-15H2,1-3H3. The van der Waals surface area contributed by atoms with Gasteiger partial charge in [0.1, 0.15) is 0 Å². The molecule has 0 spiro atoms. The van der Waals surface area contributed by atoms with Gasteiger partial charge in [-0.05, 0) is 35.7 Å². The van der Waals surface area contributed by atoms with Crippen molar-refractivity contribution in [2.75, 3.05) is 34.4 Å². The number of carbonyl (C=O) groups is 2. The van der Waals surface area contributed by atoms with Crippen molar-refractivity contribution in [3.63, 3.8) is 0 Å². The quantitative estimate of drug-likeness (QED) is 0.587. The zero-order chi connectivity index (χ0) is 21.7. The Labute approximate surface area is 185 Å². The minimum atomic E-state index is -0.296. The molecule has 160 valence electrons. The van der Waals surface area contributed by atoms with E-state index < -0.39 is 0 Å². The van der Waals surface area contributed by atoms with E-state index in [1.54, 1.807) is 31.1 Å². The van der Waals surface area contributed by atoms with Gasteiger partial charge in [-0.3, -0.25) is 9.59 Å². The Morgan fingerprint density at radius 1 is 1.17 bits per heavy atom. The van der Waals surface area contributed by atoms with Gasteiger partial charge in [0.15, 0.2) is 11.5 Å². The average molecular weight is 475 g/mol. The first-order chi connectivity index (χ1) is 14.4. The van der Waals surface area contributed by atoms with Crippen molar-refractivity contribution < 1.29 is 19.1 Å². The first kappa shape index (κ1) is 22.2. The van der Waals surface area contributed by atoms with Crippen LogP contribution in [0.2, 0.25) is 0 Å². The topological polar surface area (TPSA) is 59.1 Å². The summed E-state index contributed by atoms with van der Waals surface area (Å²) in [7, 11) is 5.00. The van der Waals surface area contributed by atoms with E-state index in [-0.39, 0.29) is 24.2 Å². The molecular formula is C23H27BrN2O4. The number of rotatable bonds is 8. The molecule has 0 N–H and O–H groups in total. The van der Waals surface area contributed by atoms with Gasteiger partial charge in [-0.2, -0.15) is 0 Å². The summed E-state index contributed by atoms with van der Waals surface area (Å²) < 4.78 is 11.6. The van der Waals surface area contributed by atoms with Crippen molar-refractivity contribution in [2.24, 2.45) is 5.92 Å². The van der Waals surface area contributed by atoms with Gasteiger partial charge in [0, 0.05) is 37.6 Å². The Kier molecular flexibility index (Phi) is 7.37. The Hall–Kier alpha value is -2.54. The van der Waals surface area contributed by atoms with Crippen LogP contribution in [0.5, 0.6) is 11.5 Å². The number of methoxy groups -OCH3 is 2. The first-order valence-corrected chi connectivity index (χ1v) is 10.7. The van der Waals surface area contributed by atoms with Gasteiger partial charge in [0.05, 0.1) is 20.1 Å². The number of carbonyl (C=O) groups excluding carboxylic acids is 2. The van der Waals surface area contributed by atoms with E-state index >= 15 is 0 Å². The molecule has 7 heteroatoms.